The molecule has 0 unspecified atom stereocenters. The lowest BCUT2D eigenvalue weighted by Gasteiger charge is -2.27. The zero-order valence-corrected chi connectivity index (χ0v) is 20.5. The molecule has 2 heterocycles. The fourth-order valence-electron chi connectivity index (χ4n) is 4.85. The third-order valence-corrected chi connectivity index (χ3v) is 7.21. The van der Waals surface area contributed by atoms with E-state index in [-0.39, 0.29) is 31.1 Å². The van der Waals surface area contributed by atoms with E-state index in [1.165, 1.54) is 0 Å². The topological polar surface area (TPSA) is 92.8 Å². The minimum Gasteiger partial charge on any atom is -0.381 e. The third kappa shape index (κ3) is 6.83. The number of ether oxygens (including phenoxy) is 1. The number of Topliss-reactive ketones (excluding diaryl/α,β-unsaturated/α-hetero) is 2. The van der Waals surface area contributed by atoms with E-state index in [0.717, 1.165) is 17.7 Å². The first-order valence-electron chi connectivity index (χ1n) is 12.5. The summed E-state index contributed by atoms with van der Waals surface area (Å²) < 4.78 is 34.0. The number of nitrogens with one attached hydrogen (secondary N) is 1. The van der Waals surface area contributed by atoms with Gasteiger partial charge in [-0.05, 0) is 38.0 Å². The molecule has 192 valence electrons. The molecule has 34 heavy (non-hydrogen) atoms. The van der Waals surface area contributed by atoms with Gasteiger partial charge in [0.05, 0.1) is 31.2 Å². The number of hydrogen-bond donors (Lipinski definition) is 1. The Kier molecular flexibility index (Phi) is 8.47. The number of carbonyl (C=O) groups is 4. The molecule has 3 atom stereocenters. The highest BCUT2D eigenvalue weighted by molar-refractivity contribution is 5.97. The molecule has 0 spiro atoms. The zero-order chi connectivity index (χ0) is 25.1. The molecule has 2 amide bonds. The number of nitrogens with zero attached hydrogens (tertiary/aromatic N) is 1. The van der Waals surface area contributed by atoms with Crippen molar-refractivity contribution in [1.29, 1.82) is 0 Å². The van der Waals surface area contributed by atoms with Crippen LogP contribution in [-0.2, 0) is 23.9 Å². The first-order chi connectivity index (χ1) is 15.9. The molecule has 2 aliphatic heterocycles. The van der Waals surface area contributed by atoms with E-state index in [0.29, 0.717) is 32.3 Å². The van der Waals surface area contributed by atoms with Crippen molar-refractivity contribution in [3.8, 4) is 0 Å². The van der Waals surface area contributed by atoms with Crippen LogP contribution in [0.3, 0.4) is 0 Å². The molecule has 0 aromatic heterocycles. The quantitative estimate of drug-likeness (QED) is 0.625. The van der Waals surface area contributed by atoms with E-state index >= 15 is 0 Å². The summed E-state index contributed by atoms with van der Waals surface area (Å²) in [5, 5.41) is 2.84. The molecule has 7 nitrogen and oxygen atoms in total. The van der Waals surface area contributed by atoms with E-state index in [9.17, 15) is 28.0 Å². The van der Waals surface area contributed by atoms with Crippen molar-refractivity contribution in [3.63, 3.8) is 0 Å². The lowest BCUT2D eigenvalue weighted by Crippen LogP contribution is -2.48. The molecule has 3 rings (SSSR count). The van der Waals surface area contributed by atoms with Crippen LogP contribution in [0.25, 0.3) is 0 Å². The lowest BCUT2D eigenvalue weighted by molar-refractivity contribution is -0.140. The van der Waals surface area contributed by atoms with Crippen molar-refractivity contribution in [2.75, 3.05) is 19.8 Å². The Hall–Kier alpha value is -1.90. The van der Waals surface area contributed by atoms with Gasteiger partial charge in [-0.3, -0.25) is 19.2 Å². The van der Waals surface area contributed by atoms with Crippen LogP contribution in [0.5, 0.6) is 0 Å². The van der Waals surface area contributed by atoms with E-state index in [1.54, 1.807) is 0 Å². The van der Waals surface area contributed by atoms with Crippen molar-refractivity contribution in [2.45, 2.75) is 96.6 Å². The van der Waals surface area contributed by atoms with Gasteiger partial charge in [-0.1, -0.05) is 27.2 Å². The predicted molar refractivity (Wildman–Crippen MR) is 121 cm³/mol. The molecule has 0 aromatic rings. The third-order valence-electron chi connectivity index (χ3n) is 7.21. The molecule has 1 N–H and O–H groups in total. The Labute approximate surface area is 200 Å². The molecular weight excluding hydrogens is 446 g/mol. The number of fused-ring (bicyclic) bond motifs is 1. The van der Waals surface area contributed by atoms with Crippen LogP contribution >= 0.6 is 0 Å². The van der Waals surface area contributed by atoms with Gasteiger partial charge in [0.1, 0.15) is 0 Å². The van der Waals surface area contributed by atoms with Crippen molar-refractivity contribution in [2.24, 2.45) is 17.3 Å². The van der Waals surface area contributed by atoms with Crippen molar-refractivity contribution >= 4 is 23.4 Å². The highest BCUT2D eigenvalue weighted by Crippen LogP contribution is 2.47. The van der Waals surface area contributed by atoms with Crippen LogP contribution in [0.2, 0.25) is 0 Å². The molecule has 2 saturated heterocycles. The number of ketones is 2. The smallest absolute Gasteiger partial charge is 0.267 e. The Morgan fingerprint density at radius 3 is 2.53 bits per heavy atom. The van der Waals surface area contributed by atoms with Crippen LogP contribution in [0.4, 0.5) is 8.78 Å². The highest BCUT2D eigenvalue weighted by atomic mass is 19.3. The summed E-state index contributed by atoms with van der Waals surface area (Å²) in [6, 6.07) is -1.90. The molecule has 3 fully saturated rings. The van der Waals surface area contributed by atoms with Crippen LogP contribution in [0, 0.1) is 17.3 Å². The van der Waals surface area contributed by atoms with Crippen LogP contribution in [-0.4, -0.2) is 66.0 Å². The van der Waals surface area contributed by atoms with Crippen LogP contribution < -0.4 is 5.32 Å². The maximum absolute atomic E-state index is 14.2. The standard InChI is InChI=1S/C25H38F2N2O5/c1-16(2)11-18(22(32)24(3)8-9-24)28-23(33)17-12-20(30)19-13-25(26,27)15-29(19)21(31)7-5-4-6-10-34-14-17/h16-19H,4-15H2,1-3H3,(H,28,33)/t17-,18-,19-/m0/s1. The van der Waals surface area contributed by atoms with E-state index in [2.05, 4.69) is 5.32 Å². The highest BCUT2D eigenvalue weighted by Gasteiger charge is 2.50. The minimum atomic E-state index is -3.13. The lowest BCUT2D eigenvalue weighted by atomic mass is 9.90. The normalized spacial score (nSPS) is 28.4. The molecule has 0 radical (unpaired) electrons. The van der Waals surface area contributed by atoms with Crippen molar-refractivity contribution in [3.05, 3.63) is 0 Å². The molecule has 9 heteroatoms. The first kappa shape index (κ1) is 26.7. The number of rotatable bonds is 6. The molecule has 1 aliphatic carbocycles. The molecule has 0 bridgehead atoms. The van der Waals surface area contributed by atoms with Gasteiger partial charge >= 0.3 is 0 Å². The minimum absolute atomic E-state index is 0.00126. The summed E-state index contributed by atoms with van der Waals surface area (Å²) in [5.74, 6) is -5.35. The van der Waals surface area contributed by atoms with Gasteiger partial charge in [-0.15, -0.1) is 0 Å². The average molecular weight is 485 g/mol. The fourth-order valence-corrected chi connectivity index (χ4v) is 4.85. The summed E-state index contributed by atoms with van der Waals surface area (Å²) in [7, 11) is 0. The number of alkyl halides is 2. The maximum Gasteiger partial charge on any atom is 0.267 e. The second-order valence-corrected chi connectivity index (χ2v) is 11.0. The molecular formula is C25H38F2N2O5. The molecule has 3 aliphatic rings. The van der Waals surface area contributed by atoms with Gasteiger partial charge in [0.15, 0.2) is 11.6 Å². The summed E-state index contributed by atoms with van der Waals surface area (Å²) >= 11 is 0. The Bertz CT molecular complexity index is 796. The zero-order valence-electron chi connectivity index (χ0n) is 20.5. The number of carbonyl (C=O) groups excluding carboxylic acids is 4. The SMILES string of the molecule is CC(C)C[C@H](NC(=O)[C@@H]1COCCCCCC(=O)N2CC(F)(F)C[C@H]2C(=O)C1)C(=O)C1(C)CC1. The number of hydrogen-bond acceptors (Lipinski definition) is 5. The predicted octanol–water partition coefficient (Wildman–Crippen LogP) is 3.29. The summed E-state index contributed by atoms with van der Waals surface area (Å²) in [4.78, 5) is 52.9. The van der Waals surface area contributed by atoms with Gasteiger partial charge in [0.2, 0.25) is 11.8 Å². The van der Waals surface area contributed by atoms with Crippen LogP contribution in [0.1, 0.15) is 78.6 Å². The Morgan fingerprint density at radius 2 is 1.88 bits per heavy atom. The second-order valence-electron chi connectivity index (χ2n) is 11.0. The van der Waals surface area contributed by atoms with Gasteiger partial charge < -0.3 is 15.0 Å². The molecule has 1 saturated carbocycles. The Balaban J connectivity index is 1.76. The summed E-state index contributed by atoms with van der Waals surface area (Å²) in [6.45, 7) is 5.42. The second kappa shape index (κ2) is 10.8. The maximum atomic E-state index is 14.2. The monoisotopic (exact) mass is 484 g/mol. The first-order valence-corrected chi connectivity index (χ1v) is 12.5. The largest absolute Gasteiger partial charge is 0.381 e. The van der Waals surface area contributed by atoms with Gasteiger partial charge in [-0.2, -0.15) is 0 Å². The average Bonchev–Trinajstić information content (AvgIpc) is 3.41. The number of amides is 2. The van der Waals surface area contributed by atoms with Gasteiger partial charge in [0, 0.05) is 31.3 Å². The summed E-state index contributed by atoms with van der Waals surface area (Å²) in [5.41, 5.74) is -0.416. The number of halogens is 2. The van der Waals surface area contributed by atoms with E-state index in [4.69, 9.17) is 4.74 Å². The van der Waals surface area contributed by atoms with Gasteiger partial charge in [0.25, 0.3) is 5.92 Å². The fraction of sp³-hybridized carbons (Fsp3) is 0.840. The molecule has 0 aromatic carbocycles. The van der Waals surface area contributed by atoms with E-state index < -0.39 is 59.9 Å². The van der Waals surface area contributed by atoms with Crippen LogP contribution in [0.15, 0.2) is 0 Å². The van der Waals surface area contributed by atoms with Gasteiger partial charge in [-0.25, -0.2) is 8.78 Å². The summed E-state index contributed by atoms with van der Waals surface area (Å²) in [6.07, 6.45) is 3.04. The van der Waals surface area contributed by atoms with E-state index in [1.807, 2.05) is 20.8 Å². The Morgan fingerprint density at radius 1 is 1.18 bits per heavy atom. The van der Waals surface area contributed by atoms with Crippen molar-refractivity contribution < 1.29 is 32.7 Å². The van der Waals surface area contributed by atoms with Crippen molar-refractivity contribution in [1.82, 2.24) is 10.2 Å².